The average Bonchev–Trinajstić information content (AvgIpc) is 2.47. The van der Waals surface area contributed by atoms with Gasteiger partial charge in [0.1, 0.15) is 0 Å². The number of rotatable bonds is 6. The molecule has 2 nitrogen and oxygen atoms in total. The lowest BCUT2D eigenvalue weighted by molar-refractivity contribution is 0.0697. The zero-order valence-electron chi connectivity index (χ0n) is 12.7. The van der Waals surface area contributed by atoms with E-state index in [1.54, 1.807) is 0 Å². The molecule has 1 atom stereocenters. The zero-order valence-corrected chi connectivity index (χ0v) is 13.5. The Labute approximate surface area is 127 Å². The van der Waals surface area contributed by atoms with E-state index in [0.29, 0.717) is 6.54 Å². The summed E-state index contributed by atoms with van der Waals surface area (Å²) in [6.07, 6.45) is 7.64. The molecule has 0 heterocycles. The van der Waals surface area contributed by atoms with Gasteiger partial charge in [-0.05, 0) is 44.4 Å². The van der Waals surface area contributed by atoms with Crippen molar-refractivity contribution in [2.45, 2.75) is 68.1 Å². The molecule has 1 aliphatic rings. The van der Waals surface area contributed by atoms with E-state index in [1.807, 2.05) is 25.6 Å². The van der Waals surface area contributed by atoms with Crippen LogP contribution in [0.15, 0.2) is 29.2 Å². The van der Waals surface area contributed by atoms with E-state index in [-0.39, 0.29) is 0 Å². The average molecular weight is 293 g/mol. The molecule has 2 rings (SSSR count). The summed E-state index contributed by atoms with van der Waals surface area (Å²) in [5.74, 6) is 0. The van der Waals surface area contributed by atoms with Crippen molar-refractivity contribution < 1.29 is 5.11 Å². The SMILES string of the molecule is CCC(C)(O)CNc1cccc(SC2CCCCC2)c1. The van der Waals surface area contributed by atoms with Crippen LogP contribution < -0.4 is 5.32 Å². The molecule has 1 unspecified atom stereocenters. The maximum Gasteiger partial charge on any atom is 0.0788 e. The Kier molecular flexibility index (Phi) is 5.79. The van der Waals surface area contributed by atoms with Gasteiger partial charge in [-0.1, -0.05) is 32.3 Å². The lowest BCUT2D eigenvalue weighted by Crippen LogP contribution is -2.32. The van der Waals surface area contributed by atoms with E-state index in [9.17, 15) is 5.11 Å². The van der Waals surface area contributed by atoms with Crippen molar-refractivity contribution in [3.63, 3.8) is 0 Å². The summed E-state index contributed by atoms with van der Waals surface area (Å²) >= 11 is 2.02. The molecule has 0 aromatic heterocycles. The third-order valence-corrected chi connectivity index (χ3v) is 5.45. The second-order valence-corrected chi connectivity index (χ2v) is 7.48. The van der Waals surface area contributed by atoms with Crippen LogP contribution in [0.25, 0.3) is 0 Å². The molecule has 2 N–H and O–H groups in total. The minimum atomic E-state index is -0.632. The first-order valence-corrected chi connectivity index (χ1v) is 8.70. The number of anilines is 1. The van der Waals surface area contributed by atoms with Gasteiger partial charge in [0, 0.05) is 22.4 Å². The Balaban J connectivity index is 1.90. The lowest BCUT2D eigenvalue weighted by atomic mass is 10.0. The van der Waals surface area contributed by atoms with Gasteiger partial charge in [0.15, 0.2) is 0 Å². The molecule has 0 spiro atoms. The highest BCUT2D eigenvalue weighted by molar-refractivity contribution is 8.00. The van der Waals surface area contributed by atoms with Gasteiger partial charge in [0.25, 0.3) is 0 Å². The molecule has 1 aliphatic carbocycles. The maximum absolute atomic E-state index is 10.0. The van der Waals surface area contributed by atoms with Crippen molar-refractivity contribution >= 4 is 17.4 Å². The molecule has 1 fully saturated rings. The van der Waals surface area contributed by atoms with E-state index in [2.05, 4.69) is 29.6 Å². The first-order valence-electron chi connectivity index (χ1n) is 7.82. The minimum Gasteiger partial charge on any atom is -0.388 e. The standard InChI is InChI=1S/C17H27NOS/c1-3-17(2,19)13-18-14-8-7-11-16(12-14)20-15-9-5-4-6-10-15/h7-8,11-12,15,18-19H,3-6,9-10,13H2,1-2H3. The highest BCUT2D eigenvalue weighted by atomic mass is 32.2. The van der Waals surface area contributed by atoms with Crippen LogP contribution in [0, 0.1) is 0 Å². The molecule has 0 aliphatic heterocycles. The summed E-state index contributed by atoms with van der Waals surface area (Å²) in [7, 11) is 0. The summed E-state index contributed by atoms with van der Waals surface area (Å²) in [6.45, 7) is 4.48. The number of hydrogen-bond acceptors (Lipinski definition) is 3. The van der Waals surface area contributed by atoms with Crippen LogP contribution in [0.2, 0.25) is 0 Å². The molecule has 112 valence electrons. The normalized spacial score (nSPS) is 19.6. The fourth-order valence-corrected chi connectivity index (χ4v) is 3.78. The van der Waals surface area contributed by atoms with Gasteiger partial charge in [0.05, 0.1) is 5.60 Å². The second-order valence-electron chi connectivity index (χ2n) is 6.11. The number of nitrogens with one attached hydrogen (secondary N) is 1. The summed E-state index contributed by atoms with van der Waals surface area (Å²) < 4.78 is 0. The first-order chi connectivity index (χ1) is 9.59. The molecule has 0 bridgehead atoms. The van der Waals surface area contributed by atoms with E-state index in [4.69, 9.17) is 0 Å². The van der Waals surface area contributed by atoms with Crippen molar-refractivity contribution in [3.05, 3.63) is 24.3 Å². The molecular weight excluding hydrogens is 266 g/mol. The fraction of sp³-hybridized carbons (Fsp3) is 0.647. The van der Waals surface area contributed by atoms with Crippen LogP contribution in [-0.4, -0.2) is 22.5 Å². The molecule has 3 heteroatoms. The van der Waals surface area contributed by atoms with Crippen LogP contribution in [-0.2, 0) is 0 Å². The summed E-state index contributed by atoms with van der Waals surface area (Å²) in [5.41, 5.74) is 0.478. The third-order valence-electron chi connectivity index (χ3n) is 4.12. The van der Waals surface area contributed by atoms with Crippen LogP contribution in [0.4, 0.5) is 5.69 Å². The molecular formula is C17H27NOS. The molecule has 1 aromatic carbocycles. The maximum atomic E-state index is 10.0. The Morgan fingerprint density at radius 3 is 2.75 bits per heavy atom. The van der Waals surface area contributed by atoms with Crippen LogP contribution >= 0.6 is 11.8 Å². The number of thioether (sulfide) groups is 1. The Morgan fingerprint density at radius 2 is 2.05 bits per heavy atom. The summed E-state index contributed by atoms with van der Waals surface area (Å²) in [4.78, 5) is 1.35. The monoisotopic (exact) mass is 293 g/mol. The Bertz CT molecular complexity index is 413. The summed E-state index contributed by atoms with van der Waals surface area (Å²) in [6, 6.07) is 8.60. The highest BCUT2D eigenvalue weighted by Crippen LogP contribution is 2.34. The smallest absolute Gasteiger partial charge is 0.0788 e. The van der Waals surface area contributed by atoms with Gasteiger partial charge in [-0.15, -0.1) is 11.8 Å². The topological polar surface area (TPSA) is 32.3 Å². The van der Waals surface area contributed by atoms with E-state index in [0.717, 1.165) is 17.4 Å². The van der Waals surface area contributed by atoms with E-state index >= 15 is 0 Å². The largest absolute Gasteiger partial charge is 0.388 e. The zero-order chi connectivity index (χ0) is 14.4. The van der Waals surface area contributed by atoms with Crippen molar-refractivity contribution in [1.82, 2.24) is 0 Å². The number of benzene rings is 1. The highest BCUT2D eigenvalue weighted by Gasteiger charge is 2.17. The summed E-state index contributed by atoms with van der Waals surface area (Å²) in [5, 5.41) is 14.2. The Morgan fingerprint density at radius 1 is 1.30 bits per heavy atom. The minimum absolute atomic E-state index is 0.598. The van der Waals surface area contributed by atoms with Crippen LogP contribution in [0.1, 0.15) is 52.4 Å². The van der Waals surface area contributed by atoms with E-state index < -0.39 is 5.60 Å². The van der Waals surface area contributed by atoms with Gasteiger partial charge >= 0.3 is 0 Å². The Hall–Kier alpha value is -0.670. The molecule has 0 amide bonds. The van der Waals surface area contributed by atoms with Crippen LogP contribution in [0.3, 0.4) is 0 Å². The van der Waals surface area contributed by atoms with Crippen LogP contribution in [0.5, 0.6) is 0 Å². The molecule has 1 saturated carbocycles. The predicted molar refractivity (Wildman–Crippen MR) is 88.6 cm³/mol. The first kappa shape index (κ1) is 15.7. The number of aliphatic hydroxyl groups is 1. The molecule has 0 radical (unpaired) electrons. The van der Waals surface area contributed by atoms with Gasteiger partial charge in [-0.2, -0.15) is 0 Å². The van der Waals surface area contributed by atoms with Gasteiger partial charge < -0.3 is 10.4 Å². The number of hydrogen-bond donors (Lipinski definition) is 2. The van der Waals surface area contributed by atoms with Gasteiger partial charge in [-0.3, -0.25) is 0 Å². The van der Waals surface area contributed by atoms with Gasteiger partial charge in [0.2, 0.25) is 0 Å². The van der Waals surface area contributed by atoms with E-state index in [1.165, 1.54) is 37.0 Å². The molecule has 1 aromatic rings. The van der Waals surface area contributed by atoms with Crippen molar-refractivity contribution in [1.29, 1.82) is 0 Å². The van der Waals surface area contributed by atoms with Crippen molar-refractivity contribution in [3.8, 4) is 0 Å². The van der Waals surface area contributed by atoms with Gasteiger partial charge in [-0.25, -0.2) is 0 Å². The fourth-order valence-electron chi connectivity index (χ4n) is 2.47. The lowest BCUT2D eigenvalue weighted by Gasteiger charge is -2.23. The second kappa shape index (κ2) is 7.37. The van der Waals surface area contributed by atoms with Crippen molar-refractivity contribution in [2.75, 3.05) is 11.9 Å². The molecule has 0 saturated heterocycles. The quantitative estimate of drug-likeness (QED) is 0.798. The molecule has 20 heavy (non-hydrogen) atoms. The predicted octanol–water partition coefficient (Wildman–Crippen LogP) is 4.68. The third kappa shape index (κ3) is 5.02. The van der Waals surface area contributed by atoms with Crippen molar-refractivity contribution in [2.24, 2.45) is 0 Å².